The van der Waals surface area contributed by atoms with Crippen LogP contribution in [0.15, 0.2) is 17.2 Å². The summed E-state index contributed by atoms with van der Waals surface area (Å²) in [5.41, 5.74) is 9.69. The van der Waals surface area contributed by atoms with Crippen molar-refractivity contribution in [2.75, 3.05) is 14.2 Å². The van der Waals surface area contributed by atoms with E-state index in [1.54, 1.807) is 19.2 Å². The van der Waals surface area contributed by atoms with Gasteiger partial charge >= 0.3 is 0 Å². The Labute approximate surface area is 81.9 Å². The molecular weight excluding hydrogens is 182 g/mol. The number of rotatable bonds is 3. The number of nitrogens with zero attached hydrogens (tertiary/aromatic N) is 3. The molecule has 1 aromatic carbocycles. The summed E-state index contributed by atoms with van der Waals surface area (Å²) < 4.78 is 10.2. The molecule has 0 unspecified atom stereocenters. The van der Waals surface area contributed by atoms with Crippen LogP contribution in [0.2, 0.25) is 0 Å². The van der Waals surface area contributed by atoms with Crippen LogP contribution in [-0.4, -0.2) is 14.2 Å². The van der Waals surface area contributed by atoms with E-state index in [2.05, 4.69) is 10.0 Å². The van der Waals surface area contributed by atoms with Gasteiger partial charge < -0.3 is 9.47 Å². The Balaban J connectivity index is 3.30. The number of hydrogen-bond donors (Lipinski definition) is 0. The zero-order chi connectivity index (χ0) is 10.6. The Morgan fingerprint density at radius 1 is 1.21 bits per heavy atom. The van der Waals surface area contributed by atoms with Crippen molar-refractivity contribution in [3.05, 3.63) is 28.1 Å². The highest BCUT2D eigenvalue weighted by Gasteiger charge is 2.06. The van der Waals surface area contributed by atoms with Crippen molar-refractivity contribution in [2.24, 2.45) is 5.11 Å². The topological polar surface area (TPSA) is 67.2 Å². The molecule has 0 radical (unpaired) electrons. The minimum Gasteiger partial charge on any atom is -0.496 e. The van der Waals surface area contributed by atoms with Crippen LogP contribution in [0.5, 0.6) is 11.5 Å². The second-order valence-electron chi connectivity index (χ2n) is 2.68. The first-order valence-corrected chi connectivity index (χ1v) is 4.00. The van der Waals surface area contributed by atoms with E-state index >= 15 is 0 Å². The molecule has 0 aliphatic carbocycles. The normalized spacial score (nSPS) is 9.07. The van der Waals surface area contributed by atoms with Crippen molar-refractivity contribution in [1.29, 1.82) is 0 Å². The van der Waals surface area contributed by atoms with Crippen molar-refractivity contribution in [3.63, 3.8) is 0 Å². The third-order valence-corrected chi connectivity index (χ3v) is 1.85. The van der Waals surface area contributed by atoms with Crippen LogP contribution in [0, 0.1) is 6.92 Å². The Morgan fingerprint density at radius 2 is 1.86 bits per heavy atom. The van der Waals surface area contributed by atoms with Gasteiger partial charge in [0, 0.05) is 11.0 Å². The molecule has 0 aromatic heterocycles. The minimum absolute atomic E-state index is 0.466. The molecule has 0 spiro atoms. The molecule has 0 saturated heterocycles. The molecule has 74 valence electrons. The van der Waals surface area contributed by atoms with Gasteiger partial charge in [-0.05, 0) is 24.1 Å². The first kappa shape index (κ1) is 10.2. The lowest BCUT2D eigenvalue weighted by atomic mass is 10.2. The molecule has 0 bridgehead atoms. The molecule has 0 amide bonds. The number of azide groups is 1. The van der Waals surface area contributed by atoms with Crippen LogP contribution in [0.3, 0.4) is 0 Å². The summed E-state index contributed by atoms with van der Waals surface area (Å²) in [4.78, 5) is 2.72. The maximum atomic E-state index is 8.33. The van der Waals surface area contributed by atoms with Gasteiger partial charge in [0.2, 0.25) is 0 Å². The van der Waals surface area contributed by atoms with E-state index in [-0.39, 0.29) is 0 Å². The Bertz CT molecular complexity index is 384. The maximum absolute atomic E-state index is 8.33. The molecule has 5 heteroatoms. The summed E-state index contributed by atoms with van der Waals surface area (Å²) in [7, 11) is 3.09. The highest BCUT2D eigenvalue weighted by Crippen LogP contribution is 2.34. The van der Waals surface area contributed by atoms with E-state index in [0.717, 1.165) is 5.56 Å². The maximum Gasteiger partial charge on any atom is 0.132 e. The first-order valence-electron chi connectivity index (χ1n) is 4.00. The van der Waals surface area contributed by atoms with Gasteiger partial charge in [0.1, 0.15) is 11.5 Å². The number of benzene rings is 1. The van der Waals surface area contributed by atoms with E-state index in [4.69, 9.17) is 15.0 Å². The third-order valence-electron chi connectivity index (χ3n) is 1.85. The fourth-order valence-corrected chi connectivity index (χ4v) is 1.16. The van der Waals surface area contributed by atoms with Gasteiger partial charge in [-0.15, -0.1) is 0 Å². The van der Waals surface area contributed by atoms with Gasteiger partial charge in [-0.2, -0.15) is 0 Å². The fourth-order valence-electron chi connectivity index (χ4n) is 1.16. The summed E-state index contributed by atoms with van der Waals surface area (Å²) in [6, 6.07) is 3.41. The summed E-state index contributed by atoms with van der Waals surface area (Å²) in [5.74, 6) is 1.21. The zero-order valence-corrected chi connectivity index (χ0v) is 8.31. The number of hydrogen-bond acceptors (Lipinski definition) is 3. The van der Waals surface area contributed by atoms with E-state index in [9.17, 15) is 0 Å². The standard InChI is InChI=1S/C9H11N3O2/c1-6-4-7(11-12-10)9(14-3)5-8(6)13-2/h4-5H,1-3H3. The predicted molar refractivity (Wildman–Crippen MR) is 53.1 cm³/mol. The van der Waals surface area contributed by atoms with E-state index < -0.39 is 0 Å². The van der Waals surface area contributed by atoms with Crippen LogP contribution in [0.25, 0.3) is 10.4 Å². The smallest absolute Gasteiger partial charge is 0.132 e. The molecule has 0 aliphatic heterocycles. The number of aryl methyl sites for hydroxylation is 1. The minimum atomic E-state index is 0.466. The van der Waals surface area contributed by atoms with Crippen LogP contribution in [-0.2, 0) is 0 Å². The summed E-state index contributed by atoms with van der Waals surface area (Å²) in [6.45, 7) is 1.87. The number of ether oxygens (including phenoxy) is 2. The Kier molecular flexibility index (Phi) is 3.20. The van der Waals surface area contributed by atoms with E-state index in [1.165, 1.54) is 7.11 Å². The molecule has 0 fully saturated rings. The lowest BCUT2D eigenvalue weighted by molar-refractivity contribution is 0.393. The van der Waals surface area contributed by atoms with Crippen LogP contribution < -0.4 is 9.47 Å². The van der Waals surface area contributed by atoms with Crippen molar-refractivity contribution in [3.8, 4) is 11.5 Å². The molecule has 0 saturated carbocycles. The second kappa shape index (κ2) is 4.39. The largest absolute Gasteiger partial charge is 0.496 e. The average molecular weight is 193 g/mol. The molecule has 14 heavy (non-hydrogen) atoms. The molecule has 0 aliphatic rings. The van der Waals surface area contributed by atoms with Gasteiger partial charge in [0.05, 0.1) is 19.9 Å². The monoisotopic (exact) mass is 193 g/mol. The van der Waals surface area contributed by atoms with Crippen molar-refractivity contribution >= 4 is 5.69 Å². The van der Waals surface area contributed by atoms with E-state index in [0.29, 0.717) is 17.2 Å². The molecular formula is C9H11N3O2. The SMILES string of the molecule is COc1cc(OC)c(N=[N+]=[N-])cc1C. The summed E-state index contributed by atoms with van der Waals surface area (Å²) >= 11 is 0. The lowest BCUT2D eigenvalue weighted by Crippen LogP contribution is -1.90. The fraction of sp³-hybridized carbons (Fsp3) is 0.333. The quantitative estimate of drug-likeness (QED) is 0.420. The predicted octanol–water partition coefficient (Wildman–Crippen LogP) is 2.95. The average Bonchev–Trinajstić information content (AvgIpc) is 2.19. The molecule has 0 heterocycles. The van der Waals surface area contributed by atoms with Gasteiger partial charge in [0.15, 0.2) is 0 Å². The Hall–Kier alpha value is -1.87. The number of methoxy groups -OCH3 is 2. The van der Waals surface area contributed by atoms with Crippen molar-refractivity contribution in [1.82, 2.24) is 0 Å². The molecule has 1 rings (SSSR count). The van der Waals surface area contributed by atoms with Gasteiger partial charge in [-0.25, -0.2) is 0 Å². The van der Waals surface area contributed by atoms with Crippen molar-refractivity contribution < 1.29 is 9.47 Å². The van der Waals surface area contributed by atoms with Gasteiger partial charge in [-0.3, -0.25) is 0 Å². The highest BCUT2D eigenvalue weighted by molar-refractivity contribution is 5.58. The first-order chi connectivity index (χ1) is 6.72. The third kappa shape index (κ3) is 1.89. The van der Waals surface area contributed by atoms with Gasteiger partial charge in [-0.1, -0.05) is 5.11 Å². The van der Waals surface area contributed by atoms with Crippen molar-refractivity contribution in [2.45, 2.75) is 6.92 Å². The lowest BCUT2D eigenvalue weighted by Gasteiger charge is -2.09. The molecule has 0 N–H and O–H groups in total. The summed E-state index contributed by atoms with van der Waals surface area (Å²) in [6.07, 6.45) is 0. The summed E-state index contributed by atoms with van der Waals surface area (Å²) in [5, 5.41) is 3.51. The molecule has 0 atom stereocenters. The molecule has 5 nitrogen and oxygen atoms in total. The molecule has 1 aromatic rings. The van der Waals surface area contributed by atoms with Crippen LogP contribution in [0.1, 0.15) is 5.56 Å². The second-order valence-corrected chi connectivity index (χ2v) is 2.68. The highest BCUT2D eigenvalue weighted by atomic mass is 16.5. The van der Waals surface area contributed by atoms with E-state index in [1.807, 2.05) is 6.92 Å². The Morgan fingerprint density at radius 3 is 2.36 bits per heavy atom. The van der Waals surface area contributed by atoms with Crippen LogP contribution >= 0.6 is 0 Å². The van der Waals surface area contributed by atoms with Crippen LogP contribution in [0.4, 0.5) is 5.69 Å². The zero-order valence-electron chi connectivity index (χ0n) is 8.31. The van der Waals surface area contributed by atoms with Gasteiger partial charge in [0.25, 0.3) is 0 Å².